The fourth-order valence-corrected chi connectivity index (χ4v) is 6.45. The predicted molar refractivity (Wildman–Crippen MR) is 194 cm³/mol. The van der Waals surface area contributed by atoms with Gasteiger partial charge in [0.25, 0.3) is 0 Å². The number of aromatic nitrogens is 3. The summed E-state index contributed by atoms with van der Waals surface area (Å²) < 4.78 is 5.22. The van der Waals surface area contributed by atoms with E-state index in [9.17, 15) is 0 Å². The van der Waals surface area contributed by atoms with Crippen LogP contribution >= 0.6 is 11.6 Å². The largest absolute Gasteiger partial charge is 0.371 e. The molecule has 3 aromatic heterocycles. The van der Waals surface area contributed by atoms with E-state index in [0.29, 0.717) is 11.8 Å². The molecule has 12 heteroatoms. The molecule has 0 bridgehead atoms. The predicted octanol–water partition coefficient (Wildman–Crippen LogP) is 5.97. The maximum atomic E-state index is 8.88. The molecule has 3 fully saturated rings. The van der Waals surface area contributed by atoms with Crippen LogP contribution in [0.15, 0.2) is 37.2 Å². The van der Waals surface area contributed by atoms with Gasteiger partial charge in [0, 0.05) is 120 Å². The molecule has 3 N–H and O–H groups in total. The average molecular weight is 858 g/mol. The van der Waals surface area contributed by atoms with Crippen LogP contribution in [0.1, 0.15) is 52.6 Å². The summed E-state index contributed by atoms with van der Waals surface area (Å²) in [4.78, 5) is 17.0. The summed E-state index contributed by atoms with van der Waals surface area (Å²) in [6.07, 6.45) is 14.1. The van der Waals surface area contributed by atoms with Crippen LogP contribution in [0.5, 0.6) is 0 Å². The van der Waals surface area contributed by atoms with E-state index in [1.165, 1.54) is 33.6 Å². The molecule has 264 valence electrons. The Morgan fingerprint density at radius 1 is 0.755 bits per heavy atom. The minimum Gasteiger partial charge on any atom is -0.371 e. The minimum absolute atomic E-state index is 0. The number of ether oxygens (including phenoxy) is 1. The zero-order chi connectivity index (χ0) is 35.2. The second-order valence-electron chi connectivity index (χ2n) is 12.9. The molecule has 0 aliphatic carbocycles. The fourth-order valence-electron chi connectivity index (χ4n) is 6.36. The van der Waals surface area contributed by atoms with E-state index < -0.39 is 0 Å². The van der Waals surface area contributed by atoms with Crippen molar-refractivity contribution >= 4 is 23.0 Å². The first-order valence-electron chi connectivity index (χ1n) is 16.7. The van der Waals surface area contributed by atoms with Gasteiger partial charge in [0.15, 0.2) is 0 Å². The maximum absolute atomic E-state index is 8.88. The molecule has 3 aliphatic heterocycles. The first kappa shape index (κ1) is 42.1. The number of nitrogens with two attached hydrogens (primary N) is 1. The molecule has 0 radical (unpaired) electrons. The molecular formula is C37H52ClN9OW. The number of anilines is 2. The number of halogens is 1. The van der Waals surface area contributed by atoms with Gasteiger partial charge in [0.2, 0.25) is 0 Å². The number of methoxy groups -OCH3 is 1. The number of nitrogens with zero attached hydrogens (tertiary/aromatic N) is 7. The third kappa shape index (κ3) is 12.3. The molecule has 3 aromatic rings. The summed E-state index contributed by atoms with van der Waals surface area (Å²) in [5.41, 5.74) is 15.5. The van der Waals surface area contributed by atoms with E-state index >= 15 is 0 Å². The topological polar surface area (TPSA) is 140 Å². The molecule has 0 spiro atoms. The Balaban J connectivity index is 0.000000237. The fraction of sp³-hybridized carbons (Fsp3) is 0.541. The van der Waals surface area contributed by atoms with Crippen LogP contribution in [0.4, 0.5) is 11.4 Å². The van der Waals surface area contributed by atoms with E-state index in [1.807, 2.05) is 38.6 Å². The second kappa shape index (κ2) is 21.2. The molecule has 10 nitrogen and oxygen atoms in total. The van der Waals surface area contributed by atoms with Crippen LogP contribution in [0.3, 0.4) is 0 Å². The van der Waals surface area contributed by atoms with Gasteiger partial charge < -0.3 is 25.6 Å². The van der Waals surface area contributed by atoms with Crippen molar-refractivity contribution in [1.82, 2.24) is 20.3 Å². The van der Waals surface area contributed by atoms with E-state index in [-0.39, 0.29) is 33.2 Å². The number of hydrogen-bond acceptors (Lipinski definition) is 10. The Kier molecular flexibility index (Phi) is 18.2. The van der Waals surface area contributed by atoms with E-state index in [4.69, 9.17) is 32.6 Å². The van der Waals surface area contributed by atoms with Crippen LogP contribution in [-0.4, -0.2) is 67.6 Å². The molecule has 4 unspecified atom stereocenters. The standard InChI is InChI=1S/C13H21N3O.C12H15N3.C7H8ClN.C5H8N2.W/c1-9-6-15-7-10(2)12(9)16-5-4-11(8-16)13(14)17-3;1-9-6-14-7-10(2)12(9)15-4-3-11(5-13)8-15;1-5-3-9-4-6(2)7(5)8;6-3-5-1-2-7-4-5;/h6-7,11,13H,4-5,8,14H2,1-3H3;6-7,11H,3-4,8H2,1-2H3;3-4H,1-2H3;5,7H,1-2,4H2;. The van der Waals surface area contributed by atoms with Gasteiger partial charge in [-0.3, -0.25) is 15.0 Å². The molecule has 0 aromatic carbocycles. The van der Waals surface area contributed by atoms with Crippen LogP contribution < -0.4 is 20.9 Å². The van der Waals surface area contributed by atoms with Gasteiger partial charge in [-0.25, -0.2) is 0 Å². The first-order chi connectivity index (χ1) is 23.0. The van der Waals surface area contributed by atoms with Gasteiger partial charge in [-0.05, 0) is 101 Å². The van der Waals surface area contributed by atoms with Crippen molar-refractivity contribution in [2.24, 2.45) is 23.5 Å². The van der Waals surface area contributed by atoms with Gasteiger partial charge >= 0.3 is 0 Å². The Bertz CT molecular complexity index is 1490. The normalized spacial score (nSPS) is 19.9. The number of aryl methyl sites for hydroxylation is 6. The zero-order valence-electron chi connectivity index (χ0n) is 30.0. The van der Waals surface area contributed by atoms with Crippen LogP contribution in [0.2, 0.25) is 5.02 Å². The number of pyridine rings is 3. The van der Waals surface area contributed by atoms with E-state index in [1.54, 1.807) is 19.5 Å². The average Bonchev–Trinajstić information content (AvgIpc) is 3.87. The summed E-state index contributed by atoms with van der Waals surface area (Å²) in [6.45, 7) is 18.1. The first-order valence-corrected chi connectivity index (χ1v) is 17.1. The molecule has 49 heavy (non-hydrogen) atoms. The van der Waals surface area contributed by atoms with Crippen LogP contribution in [0, 0.1) is 82.0 Å². The number of nitriles is 2. The van der Waals surface area contributed by atoms with E-state index in [0.717, 1.165) is 74.7 Å². The molecular weight excluding hydrogens is 806 g/mol. The van der Waals surface area contributed by atoms with Gasteiger partial charge in [0.1, 0.15) is 6.23 Å². The van der Waals surface area contributed by atoms with Crippen molar-refractivity contribution in [3.05, 3.63) is 75.6 Å². The molecule has 6 rings (SSSR count). The summed E-state index contributed by atoms with van der Waals surface area (Å²) in [5.74, 6) is 0.906. The third-order valence-electron chi connectivity index (χ3n) is 9.00. The van der Waals surface area contributed by atoms with E-state index in [2.05, 4.69) is 69.9 Å². The third-order valence-corrected chi connectivity index (χ3v) is 9.60. The van der Waals surface area contributed by atoms with Crippen molar-refractivity contribution in [3.63, 3.8) is 0 Å². The Labute approximate surface area is 312 Å². The number of hydrogen-bond donors (Lipinski definition) is 2. The smallest absolute Gasteiger partial charge is 0.109 e. The molecule has 4 atom stereocenters. The quantitative estimate of drug-likeness (QED) is 0.302. The Morgan fingerprint density at radius 3 is 1.57 bits per heavy atom. The SMILES string of the molecule is COC(N)C1CCN(c2c(C)cncc2C)C1.Cc1cncc(C)c1Cl.Cc1cncc(C)c1N1CCC(C#N)C1.N#CC1CCNC1.[W]. The summed E-state index contributed by atoms with van der Waals surface area (Å²) >= 11 is 5.84. The summed E-state index contributed by atoms with van der Waals surface area (Å²) in [5, 5.41) is 21.1. The second-order valence-corrected chi connectivity index (χ2v) is 13.3. The van der Waals surface area contributed by atoms with Gasteiger partial charge in [-0.15, -0.1) is 0 Å². The van der Waals surface area contributed by atoms with Crippen LogP contribution in [0.25, 0.3) is 0 Å². The molecule has 0 amide bonds. The van der Waals surface area contributed by atoms with Crippen molar-refractivity contribution in [1.29, 1.82) is 10.5 Å². The van der Waals surface area contributed by atoms with Gasteiger partial charge in [-0.2, -0.15) is 10.5 Å². The van der Waals surface area contributed by atoms with Crippen molar-refractivity contribution < 1.29 is 25.8 Å². The van der Waals surface area contributed by atoms with Crippen molar-refractivity contribution in [3.8, 4) is 12.1 Å². The number of rotatable bonds is 4. The van der Waals surface area contributed by atoms with Gasteiger partial charge in [0.05, 0.1) is 24.0 Å². The Morgan fingerprint density at radius 2 is 1.20 bits per heavy atom. The molecule has 3 saturated heterocycles. The zero-order valence-corrected chi connectivity index (χ0v) is 33.7. The molecule has 3 aliphatic rings. The maximum Gasteiger partial charge on any atom is 0.109 e. The Hall–Kier alpha value is -3.11. The van der Waals surface area contributed by atoms with Crippen LogP contribution in [-0.2, 0) is 25.8 Å². The molecule has 0 saturated carbocycles. The minimum atomic E-state index is -0.151. The monoisotopic (exact) mass is 857 g/mol. The summed E-state index contributed by atoms with van der Waals surface area (Å²) in [6, 6.07) is 4.55. The number of nitrogens with one attached hydrogen (secondary N) is 1. The molecule has 6 heterocycles. The van der Waals surface area contributed by atoms with Gasteiger partial charge in [-0.1, -0.05) is 11.6 Å². The van der Waals surface area contributed by atoms with Crippen molar-refractivity contribution in [2.45, 2.75) is 67.0 Å². The summed E-state index contributed by atoms with van der Waals surface area (Å²) in [7, 11) is 1.68. The van der Waals surface area contributed by atoms with Crippen molar-refractivity contribution in [2.75, 3.05) is 56.2 Å².